The van der Waals surface area contributed by atoms with Gasteiger partial charge in [0, 0.05) is 13.1 Å². The Bertz CT molecular complexity index is 371. The molecule has 1 aromatic carbocycles. The molecule has 21 heavy (non-hydrogen) atoms. The third kappa shape index (κ3) is 6.49. The minimum Gasteiger partial charge on any atom is -0.494 e. The molecule has 1 fully saturated rings. The van der Waals surface area contributed by atoms with E-state index >= 15 is 0 Å². The number of benzene rings is 1. The Labute approximate surface area is 129 Å². The van der Waals surface area contributed by atoms with Gasteiger partial charge in [-0.25, -0.2) is 0 Å². The molecule has 0 amide bonds. The molecule has 0 atom stereocenters. The first-order valence-corrected chi connectivity index (χ1v) is 8.42. The van der Waals surface area contributed by atoms with Gasteiger partial charge in [-0.15, -0.1) is 0 Å². The van der Waals surface area contributed by atoms with E-state index in [-0.39, 0.29) is 0 Å². The second-order valence-electron chi connectivity index (χ2n) is 5.80. The molecule has 1 aromatic rings. The highest BCUT2D eigenvalue weighted by atomic mass is 16.5. The minimum atomic E-state index is 0.520. The number of nitrogens with one attached hydrogen (secondary N) is 1. The van der Waals surface area contributed by atoms with Crippen molar-refractivity contribution in [3.63, 3.8) is 0 Å². The van der Waals surface area contributed by atoms with Gasteiger partial charge in [-0.2, -0.15) is 0 Å². The fourth-order valence-electron chi connectivity index (χ4n) is 2.62. The summed E-state index contributed by atoms with van der Waals surface area (Å²) >= 11 is 0. The molecular weight excluding hydrogens is 262 g/mol. The van der Waals surface area contributed by atoms with Crippen LogP contribution in [0.4, 0.5) is 0 Å². The predicted octanol–water partition coefficient (Wildman–Crippen LogP) is 3.91. The van der Waals surface area contributed by atoms with Crippen molar-refractivity contribution in [3.8, 4) is 5.75 Å². The maximum absolute atomic E-state index is 5.83. The van der Waals surface area contributed by atoms with Gasteiger partial charge in [0.15, 0.2) is 0 Å². The van der Waals surface area contributed by atoms with Gasteiger partial charge >= 0.3 is 0 Å². The molecule has 1 N–H and O–H groups in total. The number of unbranched alkanes of at least 4 members (excludes halogenated alkanes) is 1. The van der Waals surface area contributed by atoms with Gasteiger partial charge in [-0.1, -0.05) is 38.3 Å². The van der Waals surface area contributed by atoms with Crippen LogP contribution in [0.15, 0.2) is 24.3 Å². The fourth-order valence-corrected chi connectivity index (χ4v) is 2.62. The van der Waals surface area contributed by atoms with Crippen LogP contribution in [-0.2, 0) is 11.3 Å². The average Bonchev–Trinajstić information content (AvgIpc) is 3.02. The van der Waals surface area contributed by atoms with Crippen LogP contribution in [0.2, 0.25) is 0 Å². The lowest BCUT2D eigenvalue weighted by molar-refractivity contribution is 0.0603. The predicted molar refractivity (Wildman–Crippen MR) is 86.8 cm³/mol. The van der Waals surface area contributed by atoms with E-state index in [0.717, 1.165) is 38.5 Å². The maximum atomic E-state index is 5.83. The van der Waals surface area contributed by atoms with Gasteiger partial charge < -0.3 is 14.8 Å². The van der Waals surface area contributed by atoms with E-state index in [2.05, 4.69) is 36.5 Å². The molecule has 0 aliphatic heterocycles. The van der Waals surface area contributed by atoms with E-state index in [0.29, 0.717) is 6.10 Å². The van der Waals surface area contributed by atoms with Gasteiger partial charge in [-0.3, -0.25) is 0 Å². The van der Waals surface area contributed by atoms with Crippen LogP contribution in [0.5, 0.6) is 5.75 Å². The Morgan fingerprint density at radius 1 is 1.10 bits per heavy atom. The summed E-state index contributed by atoms with van der Waals surface area (Å²) in [5, 5.41) is 3.43. The lowest BCUT2D eigenvalue weighted by atomic mass is 10.2. The summed E-state index contributed by atoms with van der Waals surface area (Å²) in [5.41, 5.74) is 1.29. The Kier molecular flexibility index (Phi) is 7.61. The fraction of sp³-hybridized carbons (Fsp3) is 0.667. The van der Waals surface area contributed by atoms with E-state index in [1.54, 1.807) is 0 Å². The van der Waals surface area contributed by atoms with Crippen LogP contribution >= 0.6 is 0 Å². The second kappa shape index (κ2) is 9.80. The second-order valence-corrected chi connectivity index (χ2v) is 5.80. The number of rotatable bonds is 10. The normalized spacial score (nSPS) is 15.5. The summed E-state index contributed by atoms with van der Waals surface area (Å²) in [5.74, 6) is 0.969. The molecule has 0 saturated heterocycles. The molecule has 3 heteroatoms. The third-order valence-corrected chi connectivity index (χ3v) is 3.95. The lowest BCUT2D eigenvalue weighted by Gasteiger charge is -2.11. The highest BCUT2D eigenvalue weighted by Gasteiger charge is 2.14. The van der Waals surface area contributed by atoms with Crippen LogP contribution in [0, 0.1) is 0 Å². The summed E-state index contributed by atoms with van der Waals surface area (Å²) in [6.45, 7) is 5.62. The molecular formula is C18H29NO2. The highest BCUT2D eigenvalue weighted by Crippen LogP contribution is 2.20. The lowest BCUT2D eigenvalue weighted by Crippen LogP contribution is -2.21. The van der Waals surface area contributed by atoms with Gasteiger partial charge in [0.25, 0.3) is 0 Å². The molecule has 0 bridgehead atoms. The van der Waals surface area contributed by atoms with E-state index < -0.39 is 0 Å². The first-order chi connectivity index (χ1) is 10.4. The Balaban J connectivity index is 1.55. The quantitative estimate of drug-likeness (QED) is 0.663. The van der Waals surface area contributed by atoms with Crippen molar-refractivity contribution < 1.29 is 9.47 Å². The standard InChI is InChI=1S/C18H29NO2/c1-2-3-13-20-18-10-8-16(9-11-18)15-19-12-14-21-17-6-4-5-7-17/h8-11,17,19H,2-7,12-15H2,1H3. The largest absolute Gasteiger partial charge is 0.494 e. The number of hydrogen-bond acceptors (Lipinski definition) is 3. The van der Waals surface area contributed by atoms with E-state index in [9.17, 15) is 0 Å². The third-order valence-electron chi connectivity index (χ3n) is 3.95. The molecule has 3 nitrogen and oxygen atoms in total. The van der Waals surface area contributed by atoms with Crippen LogP contribution < -0.4 is 10.1 Å². The maximum Gasteiger partial charge on any atom is 0.119 e. The number of ether oxygens (including phenoxy) is 2. The summed E-state index contributed by atoms with van der Waals surface area (Å²) in [7, 11) is 0. The minimum absolute atomic E-state index is 0.520. The van der Waals surface area contributed by atoms with Crippen molar-refractivity contribution in [2.75, 3.05) is 19.8 Å². The summed E-state index contributed by atoms with van der Waals surface area (Å²) in [6, 6.07) is 8.38. The van der Waals surface area contributed by atoms with Crippen LogP contribution in [0.25, 0.3) is 0 Å². The molecule has 0 radical (unpaired) electrons. The number of hydrogen-bond donors (Lipinski definition) is 1. The van der Waals surface area contributed by atoms with Crippen LogP contribution in [-0.4, -0.2) is 25.9 Å². The van der Waals surface area contributed by atoms with Crippen molar-refractivity contribution in [1.82, 2.24) is 5.32 Å². The smallest absolute Gasteiger partial charge is 0.119 e. The molecule has 0 spiro atoms. The van der Waals surface area contributed by atoms with E-state index in [4.69, 9.17) is 9.47 Å². The van der Waals surface area contributed by atoms with Crippen molar-refractivity contribution >= 4 is 0 Å². The molecule has 1 saturated carbocycles. The summed E-state index contributed by atoms with van der Waals surface area (Å²) < 4.78 is 11.5. The van der Waals surface area contributed by atoms with Gasteiger partial charge in [0.1, 0.15) is 5.75 Å². The van der Waals surface area contributed by atoms with Crippen LogP contribution in [0.3, 0.4) is 0 Å². The Morgan fingerprint density at radius 2 is 1.86 bits per heavy atom. The molecule has 118 valence electrons. The molecule has 1 aliphatic carbocycles. The zero-order valence-corrected chi connectivity index (χ0v) is 13.3. The van der Waals surface area contributed by atoms with E-state index in [1.807, 2.05) is 0 Å². The van der Waals surface area contributed by atoms with Crippen molar-refractivity contribution in [3.05, 3.63) is 29.8 Å². The van der Waals surface area contributed by atoms with Gasteiger partial charge in [-0.05, 0) is 37.0 Å². The Hall–Kier alpha value is -1.06. The molecule has 1 aliphatic rings. The highest BCUT2D eigenvalue weighted by molar-refractivity contribution is 5.27. The zero-order valence-electron chi connectivity index (χ0n) is 13.3. The monoisotopic (exact) mass is 291 g/mol. The molecule has 0 aromatic heterocycles. The summed E-state index contributed by atoms with van der Waals surface area (Å²) in [4.78, 5) is 0. The van der Waals surface area contributed by atoms with Crippen molar-refractivity contribution in [1.29, 1.82) is 0 Å². The average molecular weight is 291 g/mol. The topological polar surface area (TPSA) is 30.5 Å². The zero-order chi connectivity index (χ0) is 14.8. The Morgan fingerprint density at radius 3 is 2.57 bits per heavy atom. The van der Waals surface area contributed by atoms with E-state index in [1.165, 1.54) is 37.7 Å². The molecule has 2 rings (SSSR count). The molecule has 0 unspecified atom stereocenters. The first kappa shape index (κ1) is 16.3. The van der Waals surface area contributed by atoms with Crippen LogP contribution in [0.1, 0.15) is 51.0 Å². The van der Waals surface area contributed by atoms with Gasteiger partial charge in [0.05, 0.1) is 19.3 Å². The van der Waals surface area contributed by atoms with Gasteiger partial charge in [0.2, 0.25) is 0 Å². The first-order valence-electron chi connectivity index (χ1n) is 8.42. The van der Waals surface area contributed by atoms with Crippen molar-refractivity contribution in [2.45, 2.75) is 58.1 Å². The summed E-state index contributed by atoms with van der Waals surface area (Å²) in [6.07, 6.45) is 7.98. The van der Waals surface area contributed by atoms with Crippen molar-refractivity contribution in [2.24, 2.45) is 0 Å². The molecule has 0 heterocycles. The SMILES string of the molecule is CCCCOc1ccc(CNCCOC2CCCC2)cc1.